The Hall–Kier alpha value is -2.70. The van der Waals surface area contributed by atoms with Crippen LogP contribution in [0.2, 0.25) is 0 Å². The minimum atomic E-state index is 0.0626. The van der Waals surface area contributed by atoms with Crippen LogP contribution < -0.4 is 0 Å². The van der Waals surface area contributed by atoms with Gasteiger partial charge < -0.3 is 4.90 Å². The maximum atomic E-state index is 13.1. The molecule has 4 rings (SSSR count). The summed E-state index contributed by atoms with van der Waals surface area (Å²) in [5.74, 6) is 0.0626. The summed E-state index contributed by atoms with van der Waals surface area (Å²) in [6.45, 7) is 4.05. The van der Waals surface area contributed by atoms with Crippen LogP contribution in [0.25, 0.3) is 0 Å². The zero-order valence-electron chi connectivity index (χ0n) is 15.6. The molecule has 6 heteroatoms. The first-order valence-electron chi connectivity index (χ1n) is 9.38. The lowest BCUT2D eigenvalue weighted by Gasteiger charge is -2.34. The van der Waals surface area contributed by atoms with Gasteiger partial charge in [-0.3, -0.25) is 14.7 Å². The Morgan fingerprint density at radius 2 is 1.71 bits per heavy atom. The third-order valence-electron chi connectivity index (χ3n) is 4.75. The van der Waals surface area contributed by atoms with E-state index in [9.17, 15) is 4.79 Å². The summed E-state index contributed by atoms with van der Waals surface area (Å²) in [5, 5.41) is 0.761. The molecular weight excluding hydrogens is 368 g/mol. The van der Waals surface area contributed by atoms with Crippen LogP contribution in [-0.4, -0.2) is 51.9 Å². The molecule has 0 bridgehead atoms. The predicted molar refractivity (Wildman–Crippen MR) is 110 cm³/mol. The topological polar surface area (TPSA) is 49.3 Å². The Morgan fingerprint density at radius 3 is 2.46 bits per heavy atom. The van der Waals surface area contributed by atoms with Crippen molar-refractivity contribution in [2.45, 2.75) is 16.5 Å². The van der Waals surface area contributed by atoms with Gasteiger partial charge in [0, 0.05) is 56.2 Å². The maximum Gasteiger partial charge on any atom is 0.256 e. The van der Waals surface area contributed by atoms with Crippen LogP contribution in [0.1, 0.15) is 15.9 Å². The molecule has 3 heterocycles. The summed E-state index contributed by atoms with van der Waals surface area (Å²) in [5.41, 5.74) is 1.88. The molecule has 0 spiro atoms. The van der Waals surface area contributed by atoms with E-state index < -0.39 is 0 Å². The van der Waals surface area contributed by atoms with Crippen molar-refractivity contribution in [1.29, 1.82) is 0 Å². The van der Waals surface area contributed by atoms with Crippen molar-refractivity contribution in [3.05, 3.63) is 84.3 Å². The van der Waals surface area contributed by atoms with Crippen LogP contribution in [0.4, 0.5) is 0 Å². The largest absolute Gasteiger partial charge is 0.336 e. The Kier molecular flexibility index (Phi) is 5.99. The van der Waals surface area contributed by atoms with E-state index in [0.29, 0.717) is 5.56 Å². The molecule has 0 radical (unpaired) electrons. The highest BCUT2D eigenvalue weighted by Gasteiger charge is 2.24. The second kappa shape index (κ2) is 8.99. The molecule has 0 aliphatic carbocycles. The van der Waals surface area contributed by atoms with Gasteiger partial charge in [-0.2, -0.15) is 0 Å². The normalized spacial score (nSPS) is 14.8. The first kappa shape index (κ1) is 18.7. The summed E-state index contributed by atoms with van der Waals surface area (Å²) >= 11 is 1.53. The lowest BCUT2D eigenvalue weighted by molar-refractivity contribution is 0.0624. The van der Waals surface area contributed by atoms with E-state index in [2.05, 4.69) is 20.9 Å². The number of benzene rings is 1. The molecule has 5 nitrogen and oxygen atoms in total. The zero-order valence-corrected chi connectivity index (χ0v) is 16.4. The Morgan fingerprint density at radius 1 is 0.929 bits per heavy atom. The van der Waals surface area contributed by atoms with Gasteiger partial charge in [-0.05, 0) is 35.9 Å². The van der Waals surface area contributed by atoms with Crippen LogP contribution in [-0.2, 0) is 6.54 Å². The minimum Gasteiger partial charge on any atom is -0.336 e. The minimum absolute atomic E-state index is 0.0626. The van der Waals surface area contributed by atoms with E-state index in [4.69, 9.17) is 0 Å². The number of carbonyl (C=O) groups is 1. The molecule has 1 saturated heterocycles. The summed E-state index contributed by atoms with van der Waals surface area (Å²) in [7, 11) is 0. The maximum absolute atomic E-state index is 13.1. The van der Waals surface area contributed by atoms with Crippen molar-refractivity contribution in [2.24, 2.45) is 0 Å². The van der Waals surface area contributed by atoms with Crippen molar-refractivity contribution in [2.75, 3.05) is 26.2 Å². The van der Waals surface area contributed by atoms with Gasteiger partial charge in [0.1, 0.15) is 5.03 Å². The van der Waals surface area contributed by atoms with E-state index in [0.717, 1.165) is 42.6 Å². The zero-order chi connectivity index (χ0) is 19.2. The molecule has 0 saturated carbocycles. The van der Waals surface area contributed by atoms with Gasteiger partial charge in [0.25, 0.3) is 5.91 Å². The van der Waals surface area contributed by atoms with Crippen LogP contribution in [0, 0.1) is 0 Å². The third-order valence-corrected chi connectivity index (χ3v) is 5.77. The molecule has 2 aromatic heterocycles. The summed E-state index contributed by atoms with van der Waals surface area (Å²) in [6.07, 6.45) is 5.44. The van der Waals surface area contributed by atoms with Gasteiger partial charge >= 0.3 is 0 Å². The van der Waals surface area contributed by atoms with Crippen LogP contribution in [0.3, 0.4) is 0 Å². The lowest BCUT2D eigenvalue weighted by Crippen LogP contribution is -2.48. The number of pyridine rings is 2. The fraction of sp³-hybridized carbons (Fsp3) is 0.227. The highest BCUT2D eigenvalue weighted by atomic mass is 32.2. The summed E-state index contributed by atoms with van der Waals surface area (Å²) < 4.78 is 0. The highest BCUT2D eigenvalue weighted by Crippen LogP contribution is 2.29. The quantitative estimate of drug-likeness (QED) is 0.666. The van der Waals surface area contributed by atoms with Gasteiger partial charge in [-0.15, -0.1) is 0 Å². The molecule has 0 N–H and O–H groups in total. The number of hydrogen-bond donors (Lipinski definition) is 0. The second-order valence-electron chi connectivity index (χ2n) is 6.70. The molecule has 1 fully saturated rings. The second-order valence-corrected chi connectivity index (χ2v) is 7.76. The van der Waals surface area contributed by atoms with E-state index in [-0.39, 0.29) is 5.91 Å². The molecule has 0 unspecified atom stereocenters. The van der Waals surface area contributed by atoms with E-state index in [1.54, 1.807) is 12.4 Å². The monoisotopic (exact) mass is 390 g/mol. The van der Waals surface area contributed by atoms with E-state index in [1.807, 2.05) is 59.6 Å². The van der Waals surface area contributed by atoms with E-state index in [1.165, 1.54) is 17.3 Å². The van der Waals surface area contributed by atoms with Crippen LogP contribution in [0.15, 0.2) is 83.1 Å². The van der Waals surface area contributed by atoms with E-state index >= 15 is 0 Å². The fourth-order valence-electron chi connectivity index (χ4n) is 3.26. The first-order chi connectivity index (χ1) is 13.8. The van der Waals surface area contributed by atoms with Crippen molar-refractivity contribution < 1.29 is 4.79 Å². The first-order valence-corrected chi connectivity index (χ1v) is 10.2. The SMILES string of the molecule is O=C(c1cccnc1Sc1ccccc1)N1CCN(Cc2cccnc2)CC1. The van der Waals surface area contributed by atoms with Crippen LogP contribution in [0.5, 0.6) is 0 Å². The number of amides is 1. The Labute approximate surface area is 169 Å². The molecule has 142 valence electrons. The van der Waals surface area contributed by atoms with Crippen molar-refractivity contribution >= 4 is 17.7 Å². The molecule has 1 aliphatic rings. The Bertz CT molecular complexity index is 912. The molecule has 1 aromatic carbocycles. The standard InChI is InChI=1S/C22H22N4OS/c27-22(20-9-5-11-24-21(20)28-19-7-2-1-3-8-19)26-14-12-25(13-15-26)17-18-6-4-10-23-16-18/h1-11,16H,12-15,17H2. The third kappa shape index (κ3) is 4.58. The smallest absolute Gasteiger partial charge is 0.256 e. The molecular formula is C22H22N4OS. The predicted octanol–water partition coefficient (Wildman–Crippen LogP) is 3.59. The average Bonchev–Trinajstić information content (AvgIpc) is 2.76. The number of rotatable bonds is 5. The van der Waals surface area contributed by atoms with Gasteiger partial charge in [0.2, 0.25) is 0 Å². The number of piperazine rings is 1. The number of aromatic nitrogens is 2. The molecule has 1 amide bonds. The molecule has 0 atom stereocenters. The van der Waals surface area contributed by atoms with Gasteiger partial charge in [-0.1, -0.05) is 36.0 Å². The van der Waals surface area contributed by atoms with Crippen molar-refractivity contribution in [3.8, 4) is 0 Å². The fourth-order valence-corrected chi connectivity index (χ4v) is 4.16. The molecule has 1 aliphatic heterocycles. The van der Waals surface area contributed by atoms with Gasteiger partial charge in [-0.25, -0.2) is 4.98 Å². The van der Waals surface area contributed by atoms with Crippen molar-refractivity contribution in [1.82, 2.24) is 19.8 Å². The van der Waals surface area contributed by atoms with Crippen LogP contribution >= 0.6 is 11.8 Å². The van der Waals surface area contributed by atoms with Crippen molar-refractivity contribution in [3.63, 3.8) is 0 Å². The van der Waals surface area contributed by atoms with Gasteiger partial charge in [0.15, 0.2) is 0 Å². The Balaban J connectivity index is 1.40. The summed E-state index contributed by atoms with van der Waals surface area (Å²) in [4.78, 5) is 27.1. The number of nitrogens with zero attached hydrogens (tertiary/aromatic N) is 4. The highest BCUT2D eigenvalue weighted by molar-refractivity contribution is 7.99. The number of hydrogen-bond acceptors (Lipinski definition) is 5. The molecule has 28 heavy (non-hydrogen) atoms. The number of carbonyl (C=O) groups excluding carboxylic acids is 1. The summed E-state index contributed by atoms with van der Waals surface area (Å²) in [6, 6.07) is 17.8. The van der Waals surface area contributed by atoms with Gasteiger partial charge in [0.05, 0.1) is 5.56 Å². The average molecular weight is 391 g/mol. The molecule has 3 aromatic rings. The lowest BCUT2D eigenvalue weighted by atomic mass is 10.2.